The van der Waals surface area contributed by atoms with Crippen LogP contribution in [0.15, 0.2) is 47.5 Å². The maximum absolute atomic E-state index is 5.61. The van der Waals surface area contributed by atoms with E-state index in [4.69, 9.17) is 16.0 Å². The van der Waals surface area contributed by atoms with E-state index in [0.29, 0.717) is 12.4 Å². The zero-order valence-corrected chi connectivity index (χ0v) is 12.8. The third kappa shape index (κ3) is 2.55. The maximum Gasteiger partial charge on any atom is 0.276 e. The van der Waals surface area contributed by atoms with Crippen molar-refractivity contribution in [3.8, 4) is 11.6 Å². The smallest absolute Gasteiger partial charge is 0.276 e. The lowest BCUT2D eigenvalue weighted by molar-refractivity contribution is 0.411. The Balaban J connectivity index is 1.77. The molecule has 4 aromatic rings. The van der Waals surface area contributed by atoms with E-state index >= 15 is 0 Å². The fraction of sp³-hybridized carbons (Fsp3) is 0.200. The minimum absolute atomic E-state index is 0.261. The van der Waals surface area contributed by atoms with Gasteiger partial charge in [-0.1, -0.05) is 23.4 Å². The summed E-state index contributed by atoms with van der Waals surface area (Å²) in [6.07, 6.45) is 4.63. The molecule has 0 saturated carbocycles. The molecule has 0 aliphatic heterocycles. The van der Waals surface area contributed by atoms with Crippen molar-refractivity contribution < 1.29 is 4.52 Å². The Morgan fingerprint density at radius 2 is 2.04 bits per heavy atom. The first-order valence-electron chi connectivity index (χ1n) is 7.49. The van der Waals surface area contributed by atoms with Crippen LogP contribution in [0.1, 0.15) is 12.0 Å². The zero-order valence-electron chi connectivity index (χ0n) is 12.8. The Kier molecular flexibility index (Phi) is 3.56. The molecule has 0 aliphatic carbocycles. The molecule has 3 heterocycles. The molecular weight excluding hydrogens is 308 g/mol. The van der Waals surface area contributed by atoms with E-state index in [9.17, 15) is 0 Å². The highest BCUT2D eigenvalue weighted by Crippen LogP contribution is 2.28. The largest absolute Gasteiger partial charge is 0.336 e. The Bertz CT molecular complexity index is 953. The third-order valence-corrected chi connectivity index (χ3v) is 3.72. The second kappa shape index (κ2) is 5.87. The van der Waals surface area contributed by atoms with Crippen molar-refractivity contribution in [1.29, 1.82) is 0 Å². The van der Waals surface area contributed by atoms with Crippen molar-refractivity contribution in [2.75, 3.05) is 0 Å². The maximum atomic E-state index is 5.61. The average Bonchev–Trinajstić information content (AvgIpc) is 3.31. The average molecular weight is 324 g/mol. The van der Waals surface area contributed by atoms with Crippen molar-refractivity contribution in [3.05, 3.63) is 48.8 Å². The van der Waals surface area contributed by atoms with Crippen LogP contribution in [0.2, 0.25) is 0 Å². The lowest BCUT2D eigenvalue weighted by Gasteiger charge is -2.05. The molecule has 0 saturated heterocycles. The molecule has 9 nitrogen and oxygen atoms in total. The predicted octanol–water partition coefficient (Wildman–Crippen LogP) is 0.899. The number of hydrogen-bond acceptors (Lipinski definition) is 7. The van der Waals surface area contributed by atoms with Crippen LogP contribution in [0.5, 0.6) is 0 Å². The highest BCUT2D eigenvalue weighted by molar-refractivity contribution is 5.91. The molecule has 0 atom stereocenters. The summed E-state index contributed by atoms with van der Waals surface area (Å²) in [5.74, 6) is 0.613. The van der Waals surface area contributed by atoms with Gasteiger partial charge in [-0.15, -0.1) is 0 Å². The van der Waals surface area contributed by atoms with E-state index in [1.807, 2.05) is 39.7 Å². The number of rotatable bonds is 5. The van der Waals surface area contributed by atoms with Crippen LogP contribution in [-0.2, 0) is 13.1 Å². The van der Waals surface area contributed by atoms with Gasteiger partial charge < -0.3 is 20.6 Å². The van der Waals surface area contributed by atoms with Crippen LogP contribution < -0.4 is 11.5 Å². The Morgan fingerprint density at radius 1 is 1.17 bits per heavy atom. The summed E-state index contributed by atoms with van der Waals surface area (Å²) in [4.78, 5) is 8.35. The molecule has 0 radical (unpaired) electrons. The first-order chi connectivity index (χ1) is 11.7. The van der Waals surface area contributed by atoms with Gasteiger partial charge in [-0.05, 0) is 6.07 Å². The first-order valence-corrected chi connectivity index (χ1v) is 7.49. The van der Waals surface area contributed by atoms with Gasteiger partial charge in [0, 0.05) is 24.3 Å². The normalized spacial score (nSPS) is 11.6. The molecule has 4 N–H and O–H groups in total. The molecule has 4 rings (SSSR count). The van der Waals surface area contributed by atoms with Crippen molar-refractivity contribution >= 4 is 10.9 Å². The topological polar surface area (TPSA) is 127 Å². The highest BCUT2D eigenvalue weighted by atomic mass is 16.5. The van der Waals surface area contributed by atoms with E-state index in [1.54, 1.807) is 12.5 Å². The van der Waals surface area contributed by atoms with Crippen LogP contribution in [0.4, 0.5) is 0 Å². The van der Waals surface area contributed by atoms with Gasteiger partial charge in [-0.3, -0.25) is 4.68 Å². The van der Waals surface area contributed by atoms with E-state index in [1.165, 1.54) is 0 Å². The van der Waals surface area contributed by atoms with Crippen LogP contribution in [-0.4, -0.2) is 29.5 Å². The molecule has 0 amide bonds. The minimum atomic E-state index is -0.781. The molecule has 0 fully saturated rings. The highest BCUT2D eigenvalue weighted by Gasteiger charge is 2.20. The van der Waals surface area contributed by atoms with Gasteiger partial charge in [0.25, 0.3) is 5.89 Å². The monoisotopic (exact) mass is 324 g/mol. The predicted molar refractivity (Wildman–Crippen MR) is 86.4 cm³/mol. The number of nitrogens with zero attached hydrogens (tertiary/aromatic N) is 6. The molecular formula is C15H16N8O. The Labute approximate surface area is 136 Å². The molecule has 0 bridgehead atoms. The van der Waals surface area contributed by atoms with E-state index in [-0.39, 0.29) is 5.82 Å². The number of hydrogen-bond donors (Lipinski definition) is 2. The third-order valence-electron chi connectivity index (χ3n) is 3.72. The second-order valence-corrected chi connectivity index (χ2v) is 5.37. The van der Waals surface area contributed by atoms with Crippen LogP contribution >= 0.6 is 0 Å². The minimum Gasteiger partial charge on any atom is -0.336 e. The molecule has 3 aromatic heterocycles. The van der Waals surface area contributed by atoms with Gasteiger partial charge in [0.15, 0.2) is 0 Å². The van der Waals surface area contributed by atoms with Gasteiger partial charge in [-0.2, -0.15) is 10.1 Å². The molecule has 9 heteroatoms. The molecule has 24 heavy (non-hydrogen) atoms. The van der Waals surface area contributed by atoms with Crippen LogP contribution in [0.3, 0.4) is 0 Å². The summed E-state index contributed by atoms with van der Waals surface area (Å²) in [5.41, 5.74) is 12.8. The fourth-order valence-corrected chi connectivity index (χ4v) is 2.56. The van der Waals surface area contributed by atoms with Crippen LogP contribution in [0.25, 0.3) is 22.5 Å². The van der Waals surface area contributed by atoms with Gasteiger partial charge in [0.2, 0.25) is 5.82 Å². The summed E-state index contributed by atoms with van der Waals surface area (Å²) in [6.45, 7) is 1.35. The van der Waals surface area contributed by atoms with Crippen molar-refractivity contribution in [1.82, 2.24) is 29.5 Å². The number of fused-ring (bicyclic) bond motifs is 1. The van der Waals surface area contributed by atoms with Gasteiger partial charge >= 0.3 is 0 Å². The van der Waals surface area contributed by atoms with E-state index in [2.05, 4.69) is 20.2 Å². The van der Waals surface area contributed by atoms with Crippen molar-refractivity contribution in [2.24, 2.45) is 11.5 Å². The number of aryl methyl sites for hydroxylation is 2. The van der Waals surface area contributed by atoms with Gasteiger partial charge in [0.1, 0.15) is 11.9 Å². The summed E-state index contributed by atoms with van der Waals surface area (Å²) >= 11 is 0. The lowest BCUT2D eigenvalue weighted by atomic mass is 10.2. The van der Waals surface area contributed by atoms with Crippen molar-refractivity contribution in [3.63, 3.8) is 0 Å². The number of aromatic nitrogens is 6. The fourth-order valence-electron chi connectivity index (χ4n) is 2.56. The summed E-state index contributed by atoms with van der Waals surface area (Å²) in [5, 5.41) is 9.41. The molecule has 122 valence electrons. The SMILES string of the molecule is NC(N)c1noc(-c2c3ccccc3nn2CCn2ccnc2)n1. The van der Waals surface area contributed by atoms with Crippen LogP contribution in [0, 0.1) is 0 Å². The summed E-state index contributed by atoms with van der Waals surface area (Å²) in [6, 6.07) is 7.80. The van der Waals surface area contributed by atoms with Gasteiger partial charge in [-0.25, -0.2) is 4.98 Å². The quantitative estimate of drug-likeness (QED) is 0.522. The molecule has 1 aromatic carbocycles. The standard InChI is InChI=1S/C15H16N8O/c16-13(17)14-19-15(24-21-14)12-10-3-1-2-4-11(10)20-23(12)8-7-22-6-5-18-9-22/h1-6,9,13H,7-8,16-17H2. The molecule has 0 unspecified atom stereocenters. The number of benzene rings is 1. The Hall–Kier alpha value is -3.04. The number of nitrogens with two attached hydrogens (primary N) is 2. The lowest BCUT2D eigenvalue weighted by Crippen LogP contribution is -2.21. The Morgan fingerprint density at radius 3 is 2.79 bits per heavy atom. The number of imidazole rings is 1. The first kappa shape index (κ1) is 14.5. The van der Waals surface area contributed by atoms with E-state index < -0.39 is 6.17 Å². The van der Waals surface area contributed by atoms with Crippen molar-refractivity contribution in [2.45, 2.75) is 19.3 Å². The molecule has 0 aliphatic rings. The van der Waals surface area contributed by atoms with Gasteiger partial charge in [0.05, 0.1) is 18.4 Å². The summed E-state index contributed by atoms with van der Waals surface area (Å²) in [7, 11) is 0. The summed E-state index contributed by atoms with van der Waals surface area (Å²) < 4.78 is 9.18. The van der Waals surface area contributed by atoms with E-state index in [0.717, 1.165) is 23.1 Å². The zero-order chi connectivity index (χ0) is 16.5. The second-order valence-electron chi connectivity index (χ2n) is 5.37. The molecule has 0 spiro atoms.